The summed E-state index contributed by atoms with van der Waals surface area (Å²) in [5, 5.41) is 0. The Bertz CT molecular complexity index is 161. The maximum absolute atomic E-state index is 5.83. The van der Waals surface area contributed by atoms with Gasteiger partial charge in [-0.05, 0) is 33.2 Å². The van der Waals surface area contributed by atoms with Gasteiger partial charge in [0.2, 0.25) is 0 Å². The molecule has 0 bridgehead atoms. The van der Waals surface area contributed by atoms with Crippen molar-refractivity contribution in [1.82, 2.24) is 4.90 Å². The molecule has 1 heterocycles. The van der Waals surface area contributed by atoms with Crippen molar-refractivity contribution in [2.24, 2.45) is 5.73 Å². The molecule has 0 radical (unpaired) electrons. The molecule has 0 aromatic heterocycles. The second-order valence-electron chi connectivity index (χ2n) is 4.37. The van der Waals surface area contributed by atoms with Gasteiger partial charge in [-0.1, -0.05) is 6.92 Å². The van der Waals surface area contributed by atoms with Crippen molar-refractivity contribution in [3.8, 4) is 0 Å². The summed E-state index contributed by atoms with van der Waals surface area (Å²) in [6, 6.07) is 0.612. The summed E-state index contributed by atoms with van der Waals surface area (Å²) < 4.78 is 5.83. The van der Waals surface area contributed by atoms with Gasteiger partial charge in [-0.15, -0.1) is 0 Å². The molecule has 1 saturated heterocycles. The van der Waals surface area contributed by atoms with Crippen LogP contribution in [0.15, 0.2) is 0 Å². The van der Waals surface area contributed by atoms with Gasteiger partial charge in [-0.2, -0.15) is 0 Å². The summed E-state index contributed by atoms with van der Waals surface area (Å²) in [7, 11) is 0. The van der Waals surface area contributed by atoms with Gasteiger partial charge in [0.15, 0.2) is 0 Å². The molecule has 0 aromatic carbocycles. The Morgan fingerprint density at radius 2 is 2.00 bits per heavy atom. The lowest BCUT2D eigenvalue weighted by atomic mass is 10.2. The van der Waals surface area contributed by atoms with E-state index < -0.39 is 0 Å². The summed E-state index contributed by atoms with van der Waals surface area (Å²) in [5.41, 5.74) is 5.58. The highest BCUT2D eigenvalue weighted by atomic mass is 16.5. The molecule has 2 unspecified atom stereocenters. The van der Waals surface area contributed by atoms with Crippen LogP contribution in [0.3, 0.4) is 0 Å². The molecule has 1 aliphatic rings. The average molecular weight is 200 g/mol. The molecule has 1 fully saturated rings. The van der Waals surface area contributed by atoms with E-state index in [2.05, 4.69) is 25.7 Å². The lowest BCUT2D eigenvalue weighted by Crippen LogP contribution is -2.37. The van der Waals surface area contributed by atoms with E-state index >= 15 is 0 Å². The predicted molar refractivity (Wildman–Crippen MR) is 59.3 cm³/mol. The Balaban J connectivity index is 2.30. The molecular formula is C11H24N2O. The third-order valence-corrected chi connectivity index (χ3v) is 3.03. The van der Waals surface area contributed by atoms with Crippen LogP contribution in [0.5, 0.6) is 0 Å². The number of hydrogen-bond donors (Lipinski definition) is 1. The number of likely N-dealkylation sites (N-methyl/N-ethyl adjacent to an activating group) is 1. The van der Waals surface area contributed by atoms with Gasteiger partial charge in [0.25, 0.3) is 0 Å². The minimum atomic E-state index is 0.311. The minimum Gasteiger partial charge on any atom is -0.372 e. The summed E-state index contributed by atoms with van der Waals surface area (Å²) in [6.07, 6.45) is 3.03. The molecule has 3 heteroatoms. The highest BCUT2D eigenvalue weighted by Gasteiger charge is 2.25. The van der Waals surface area contributed by atoms with Crippen molar-refractivity contribution in [1.29, 1.82) is 0 Å². The van der Waals surface area contributed by atoms with Crippen LogP contribution in [-0.4, -0.2) is 42.8 Å². The van der Waals surface area contributed by atoms with Gasteiger partial charge in [0.05, 0.1) is 12.2 Å². The van der Waals surface area contributed by atoms with Crippen molar-refractivity contribution >= 4 is 0 Å². The fourth-order valence-electron chi connectivity index (χ4n) is 2.05. The third-order valence-electron chi connectivity index (χ3n) is 3.03. The molecule has 14 heavy (non-hydrogen) atoms. The number of nitrogens with two attached hydrogens (primary N) is 1. The van der Waals surface area contributed by atoms with E-state index in [1.54, 1.807) is 0 Å². The zero-order valence-corrected chi connectivity index (χ0v) is 9.70. The number of hydrogen-bond acceptors (Lipinski definition) is 3. The van der Waals surface area contributed by atoms with Crippen molar-refractivity contribution in [2.75, 3.05) is 19.6 Å². The molecule has 1 rings (SSSR count). The first-order valence-corrected chi connectivity index (χ1v) is 5.77. The van der Waals surface area contributed by atoms with Crippen LogP contribution < -0.4 is 5.73 Å². The highest BCUT2D eigenvalue weighted by molar-refractivity contribution is 4.77. The molecular weight excluding hydrogens is 176 g/mol. The van der Waals surface area contributed by atoms with Crippen molar-refractivity contribution in [3.05, 3.63) is 0 Å². The van der Waals surface area contributed by atoms with E-state index in [-0.39, 0.29) is 0 Å². The topological polar surface area (TPSA) is 38.5 Å². The van der Waals surface area contributed by atoms with Gasteiger partial charge in [0, 0.05) is 19.1 Å². The molecule has 0 aliphatic carbocycles. The standard InChI is InChI=1S/C11H24N2O/c1-4-13(9(2)3)8-11-6-5-10(7-12)14-11/h9-11H,4-8,12H2,1-3H3. The van der Waals surface area contributed by atoms with E-state index in [1.807, 2.05) is 0 Å². The van der Waals surface area contributed by atoms with Gasteiger partial charge in [-0.3, -0.25) is 4.90 Å². The Hall–Kier alpha value is -0.120. The van der Waals surface area contributed by atoms with Crippen LogP contribution in [0.25, 0.3) is 0 Å². The van der Waals surface area contributed by atoms with Gasteiger partial charge < -0.3 is 10.5 Å². The SMILES string of the molecule is CCN(CC1CCC(CN)O1)C(C)C. The molecule has 0 saturated carbocycles. The lowest BCUT2D eigenvalue weighted by Gasteiger charge is -2.27. The second-order valence-corrected chi connectivity index (χ2v) is 4.37. The summed E-state index contributed by atoms with van der Waals surface area (Å²) in [4.78, 5) is 2.45. The first-order valence-electron chi connectivity index (χ1n) is 5.77. The van der Waals surface area contributed by atoms with E-state index in [1.165, 1.54) is 6.42 Å². The van der Waals surface area contributed by atoms with Gasteiger partial charge in [0.1, 0.15) is 0 Å². The lowest BCUT2D eigenvalue weighted by molar-refractivity contribution is 0.0220. The maximum Gasteiger partial charge on any atom is 0.0707 e. The molecule has 2 N–H and O–H groups in total. The summed E-state index contributed by atoms with van der Waals surface area (Å²) in [5.74, 6) is 0. The Kier molecular flexibility index (Phi) is 4.85. The van der Waals surface area contributed by atoms with Crippen molar-refractivity contribution in [3.63, 3.8) is 0 Å². The number of ether oxygens (including phenoxy) is 1. The van der Waals surface area contributed by atoms with Crippen LogP contribution in [0, 0.1) is 0 Å². The van der Waals surface area contributed by atoms with Crippen molar-refractivity contribution < 1.29 is 4.74 Å². The fraction of sp³-hybridized carbons (Fsp3) is 1.00. The largest absolute Gasteiger partial charge is 0.372 e. The Morgan fingerprint density at radius 3 is 2.43 bits per heavy atom. The van der Waals surface area contributed by atoms with E-state index in [0.29, 0.717) is 24.8 Å². The molecule has 84 valence electrons. The summed E-state index contributed by atoms with van der Waals surface area (Å²) >= 11 is 0. The zero-order chi connectivity index (χ0) is 10.6. The monoisotopic (exact) mass is 200 g/mol. The zero-order valence-electron chi connectivity index (χ0n) is 9.70. The molecule has 2 atom stereocenters. The molecule has 1 aliphatic heterocycles. The van der Waals surface area contributed by atoms with Crippen LogP contribution >= 0.6 is 0 Å². The van der Waals surface area contributed by atoms with Crippen LogP contribution in [0.4, 0.5) is 0 Å². The van der Waals surface area contributed by atoms with Crippen LogP contribution in [0.2, 0.25) is 0 Å². The predicted octanol–water partition coefficient (Wildman–Crippen LogP) is 1.22. The van der Waals surface area contributed by atoms with E-state index in [4.69, 9.17) is 10.5 Å². The quantitative estimate of drug-likeness (QED) is 0.725. The van der Waals surface area contributed by atoms with Crippen LogP contribution in [0.1, 0.15) is 33.6 Å². The smallest absolute Gasteiger partial charge is 0.0707 e. The summed E-state index contributed by atoms with van der Waals surface area (Å²) in [6.45, 7) is 9.51. The number of nitrogens with zero attached hydrogens (tertiary/aromatic N) is 1. The fourth-order valence-corrected chi connectivity index (χ4v) is 2.05. The first-order chi connectivity index (χ1) is 6.67. The van der Waals surface area contributed by atoms with Gasteiger partial charge >= 0.3 is 0 Å². The molecule has 0 amide bonds. The minimum absolute atomic E-state index is 0.311. The van der Waals surface area contributed by atoms with E-state index in [0.717, 1.165) is 19.5 Å². The third kappa shape index (κ3) is 3.23. The maximum atomic E-state index is 5.83. The van der Waals surface area contributed by atoms with E-state index in [9.17, 15) is 0 Å². The number of rotatable bonds is 5. The first kappa shape index (κ1) is 12.0. The van der Waals surface area contributed by atoms with Crippen molar-refractivity contribution in [2.45, 2.75) is 51.9 Å². The molecule has 0 spiro atoms. The average Bonchev–Trinajstić information content (AvgIpc) is 2.61. The van der Waals surface area contributed by atoms with Crippen LogP contribution in [-0.2, 0) is 4.74 Å². The highest BCUT2D eigenvalue weighted by Crippen LogP contribution is 2.20. The normalized spacial score (nSPS) is 27.9. The molecule has 3 nitrogen and oxygen atoms in total. The Morgan fingerprint density at radius 1 is 1.36 bits per heavy atom. The van der Waals surface area contributed by atoms with Gasteiger partial charge in [-0.25, -0.2) is 0 Å². The second kappa shape index (κ2) is 5.69. The molecule has 0 aromatic rings. The Labute approximate surface area is 87.6 Å².